The lowest BCUT2D eigenvalue weighted by atomic mass is 9.96. The Morgan fingerprint density at radius 3 is 2.43 bits per heavy atom. The smallest absolute Gasteiger partial charge is 0.186 e. The fourth-order valence-electron chi connectivity index (χ4n) is 5.51. The van der Waals surface area contributed by atoms with E-state index in [1.807, 2.05) is 13.1 Å². The number of allylic oxidation sites excluding steroid dienone is 1. The molecule has 0 saturated heterocycles. The van der Waals surface area contributed by atoms with E-state index in [-0.39, 0.29) is 29.5 Å². The summed E-state index contributed by atoms with van der Waals surface area (Å²) in [7, 11) is 1.95. The van der Waals surface area contributed by atoms with Gasteiger partial charge in [-0.05, 0) is 105 Å². The molecule has 0 radical (unpaired) electrons. The first kappa shape index (κ1) is 34.5. The molecule has 0 aliphatic rings. The molecule has 2 aromatic carbocycles. The Morgan fingerprint density at radius 2 is 1.73 bits per heavy atom. The predicted molar refractivity (Wildman–Crippen MR) is 176 cm³/mol. The second-order valence-corrected chi connectivity index (χ2v) is 11.8. The number of rotatable bonds is 18. The Kier molecular flexibility index (Phi) is 13.6. The van der Waals surface area contributed by atoms with Crippen molar-refractivity contribution < 1.29 is 24.5 Å². The van der Waals surface area contributed by atoms with E-state index in [0.717, 1.165) is 54.5 Å². The maximum Gasteiger partial charge on any atom is 0.186 e. The summed E-state index contributed by atoms with van der Waals surface area (Å²) in [5, 5.41) is 23.0. The maximum atomic E-state index is 12.7. The minimum Gasteiger partial charge on any atom is -0.504 e. The van der Waals surface area contributed by atoms with Gasteiger partial charge in [0.1, 0.15) is 11.6 Å². The Morgan fingerprint density at radius 1 is 1.00 bits per heavy atom. The summed E-state index contributed by atoms with van der Waals surface area (Å²) in [6.07, 6.45) is 9.95. The van der Waals surface area contributed by atoms with Crippen LogP contribution in [0.25, 0.3) is 6.08 Å². The van der Waals surface area contributed by atoms with Gasteiger partial charge in [-0.25, -0.2) is 4.98 Å². The average molecular weight is 602 g/mol. The number of phenolic OH excluding ortho intramolecular Hbond substituents is 1. The zero-order chi connectivity index (χ0) is 32.1. The molecule has 8 nitrogen and oxygen atoms in total. The second-order valence-electron chi connectivity index (χ2n) is 11.8. The van der Waals surface area contributed by atoms with Gasteiger partial charge in [-0.15, -0.1) is 0 Å². The van der Waals surface area contributed by atoms with Crippen molar-refractivity contribution in [2.75, 3.05) is 26.1 Å². The molecule has 0 amide bonds. The van der Waals surface area contributed by atoms with E-state index < -0.39 is 6.79 Å². The highest BCUT2D eigenvalue weighted by Crippen LogP contribution is 2.32. The molecule has 236 valence electrons. The molecule has 0 bridgehead atoms. The molecule has 5 N–H and O–H groups in total. The average Bonchev–Trinajstić information content (AvgIpc) is 2.95. The van der Waals surface area contributed by atoms with E-state index >= 15 is 0 Å². The third kappa shape index (κ3) is 11.2. The van der Waals surface area contributed by atoms with Gasteiger partial charge in [0.05, 0.1) is 6.42 Å². The van der Waals surface area contributed by atoms with Gasteiger partial charge in [-0.2, -0.15) is 0 Å². The molecule has 1 aromatic heterocycles. The van der Waals surface area contributed by atoms with Crippen LogP contribution in [0.2, 0.25) is 0 Å². The normalized spacial score (nSPS) is 12.0. The van der Waals surface area contributed by atoms with Crippen LogP contribution in [0.3, 0.4) is 0 Å². The van der Waals surface area contributed by atoms with Crippen LogP contribution in [-0.4, -0.2) is 47.1 Å². The molecule has 0 spiro atoms. The number of aliphatic hydroxyl groups excluding tert-OH is 1. The first-order valence-corrected chi connectivity index (χ1v) is 15.3. The largest absolute Gasteiger partial charge is 0.504 e. The van der Waals surface area contributed by atoms with E-state index in [4.69, 9.17) is 10.5 Å². The SMILES string of the molecule is CNC[C@H](C)CCCCCC(=O)CC(=O)C=Cc1cc(OCO)c(O)cc1Cc1cnc(N)c(Cc2cc(C)cc(C)c2)c1. The fourth-order valence-corrected chi connectivity index (χ4v) is 5.51. The van der Waals surface area contributed by atoms with E-state index in [1.165, 1.54) is 17.2 Å². The Balaban J connectivity index is 1.70. The number of nitrogens with zero attached hydrogens (tertiary/aromatic N) is 1. The number of aryl methyl sites for hydroxylation is 2. The maximum absolute atomic E-state index is 12.7. The summed E-state index contributed by atoms with van der Waals surface area (Å²) >= 11 is 0. The summed E-state index contributed by atoms with van der Waals surface area (Å²) in [6.45, 7) is 6.72. The summed E-state index contributed by atoms with van der Waals surface area (Å²) in [5.41, 5.74) is 12.9. The summed E-state index contributed by atoms with van der Waals surface area (Å²) in [4.78, 5) is 29.5. The molecule has 0 aliphatic heterocycles. The number of pyridine rings is 1. The van der Waals surface area contributed by atoms with Gasteiger partial charge in [0.2, 0.25) is 0 Å². The lowest BCUT2D eigenvalue weighted by molar-refractivity contribution is -0.124. The van der Waals surface area contributed by atoms with Crippen LogP contribution in [0.1, 0.15) is 84.4 Å². The molecule has 0 aliphatic carbocycles. The first-order valence-electron chi connectivity index (χ1n) is 15.3. The van der Waals surface area contributed by atoms with Crippen LogP contribution in [0.4, 0.5) is 5.82 Å². The zero-order valence-electron chi connectivity index (χ0n) is 26.5. The molecule has 8 heteroatoms. The van der Waals surface area contributed by atoms with Gasteiger partial charge < -0.3 is 26.0 Å². The number of ketones is 2. The number of carbonyl (C=O) groups excluding carboxylic acids is 2. The monoisotopic (exact) mass is 601 g/mol. The molecule has 0 fully saturated rings. The molecule has 0 unspecified atom stereocenters. The number of ether oxygens (including phenoxy) is 1. The van der Waals surface area contributed by atoms with E-state index in [2.05, 4.69) is 49.3 Å². The highest BCUT2D eigenvalue weighted by molar-refractivity contribution is 6.06. The Bertz CT molecular complexity index is 1430. The second kappa shape index (κ2) is 17.3. The van der Waals surface area contributed by atoms with Crippen LogP contribution in [0.5, 0.6) is 11.5 Å². The number of Topliss-reactive ketones (excluding diaryl/α,β-unsaturated/α-hetero) is 1. The van der Waals surface area contributed by atoms with Crippen molar-refractivity contribution >= 4 is 23.5 Å². The first-order chi connectivity index (χ1) is 21.1. The number of aromatic nitrogens is 1. The number of nitrogens with two attached hydrogens (primary N) is 1. The third-order valence-corrected chi connectivity index (χ3v) is 7.59. The highest BCUT2D eigenvalue weighted by atomic mass is 16.6. The molecular weight excluding hydrogens is 554 g/mol. The van der Waals surface area contributed by atoms with Gasteiger partial charge in [0.25, 0.3) is 0 Å². The number of phenols is 1. The van der Waals surface area contributed by atoms with Crippen molar-refractivity contribution in [3.8, 4) is 11.5 Å². The van der Waals surface area contributed by atoms with Gasteiger partial charge in [0, 0.05) is 19.0 Å². The van der Waals surface area contributed by atoms with Crippen LogP contribution < -0.4 is 15.8 Å². The number of carbonyl (C=O) groups is 2. The van der Waals surface area contributed by atoms with Crippen molar-refractivity contribution in [3.05, 3.63) is 87.6 Å². The number of anilines is 1. The van der Waals surface area contributed by atoms with Crippen LogP contribution in [-0.2, 0) is 22.4 Å². The van der Waals surface area contributed by atoms with E-state index in [1.54, 1.807) is 24.4 Å². The Labute approximate surface area is 261 Å². The number of nitrogen functional groups attached to an aromatic ring is 1. The van der Waals surface area contributed by atoms with Crippen LogP contribution >= 0.6 is 0 Å². The predicted octanol–water partition coefficient (Wildman–Crippen LogP) is 5.84. The molecule has 3 rings (SSSR count). The molecule has 1 heterocycles. The van der Waals surface area contributed by atoms with E-state index in [9.17, 15) is 19.8 Å². The summed E-state index contributed by atoms with van der Waals surface area (Å²) in [6, 6.07) is 11.5. The lowest BCUT2D eigenvalue weighted by Gasteiger charge is -2.13. The third-order valence-electron chi connectivity index (χ3n) is 7.59. The van der Waals surface area contributed by atoms with Crippen LogP contribution in [0.15, 0.2) is 48.7 Å². The highest BCUT2D eigenvalue weighted by Gasteiger charge is 2.13. The topological polar surface area (TPSA) is 135 Å². The van der Waals surface area contributed by atoms with Crippen molar-refractivity contribution in [1.82, 2.24) is 10.3 Å². The van der Waals surface area contributed by atoms with Gasteiger partial charge >= 0.3 is 0 Å². The van der Waals surface area contributed by atoms with Gasteiger partial charge in [-0.3, -0.25) is 9.59 Å². The quantitative estimate of drug-likeness (QED) is 0.0618. The molecule has 0 saturated carbocycles. The van der Waals surface area contributed by atoms with Gasteiger partial charge in [0.15, 0.2) is 24.1 Å². The molecular formula is C36H47N3O5. The summed E-state index contributed by atoms with van der Waals surface area (Å²) in [5.74, 6) is 0.674. The number of nitrogens with one attached hydrogen (secondary N) is 1. The standard InChI is InChI=1S/C36H47N3O5/c1-24(21-38-4)8-6-5-7-9-32(41)20-33(42)11-10-29-19-35(44-23-40)34(43)18-30(29)16-28-17-31(36(37)39-22-28)15-27-13-25(2)12-26(3)14-27/h10-14,17-19,22,24,38,40,43H,5-9,15-16,20-21,23H2,1-4H3,(H2,37,39)/t24-/m1/s1. The Hall–Kier alpha value is -4.01. The van der Waals surface area contributed by atoms with Gasteiger partial charge in [-0.1, -0.05) is 55.2 Å². The molecule has 44 heavy (non-hydrogen) atoms. The van der Waals surface area contributed by atoms with Crippen molar-refractivity contribution in [2.24, 2.45) is 5.92 Å². The lowest BCUT2D eigenvalue weighted by Crippen LogP contribution is -2.15. The van der Waals surface area contributed by atoms with Crippen molar-refractivity contribution in [3.63, 3.8) is 0 Å². The minimum absolute atomic E-state index is 0.0672. The number of aliphatic hydroxyl groups is 1. The number of aromatic hydroxyl groups is 1. The van der Waals surface area contributed by atoms with E-state index in [0.29, 0.717) is 36.6 Å². The zero-order valence-corrected chi connectivity index (χ0v) is 26.5. The fraction of sp³-hybridized carbons (Fsp3) is 0.417. The molecule has 1 atom stereocenters. The number of hydrogen-bond acceptors (Lipinski definition) is 8. The van der Waals surface area contributed by atoms with Crippen LogP contribution in [0, 0.1) is 19.8 Å². The number of unbranched alkanes of at least 4 members (excludes halogenated alkanes) is 2. The minimum atomic E-state index is -0.610. The molecule has 3 aromatic rings. The number of benzene rings is 2. The van der Waals surface area contributed by atoms with Crippen molar-refractivity contribution in [2.45, 2.75) is 72.1 Å². The summed E-state index contributed by atoms with van der Waals surface area (Å²) < 4.78 is 5.17. The van der Waals surface area contributed by atoms with Crippen molar-refractivity contribution in [1.29, 1.82) is 0 Å². The number of hydrogen-bond donors (Lipinski definition) is 4.